The molecule has 1 unspecified atom stereocenters. The monoisotopic (exact) mass is 440 g/mol. The zero-order valence-corrected chi connectivity index (χ0v) is 17.6. The number of thioether (sulfide) groups is 1. The Balaban J connectivity index is 1.56. The van der Waals surface area contributed by atoms with Gasteiger partial charge in [-0.2, -0.15) is 11.8 Å². The van der Waals surface area contributed by atoms with E-state index in [0.29, 0.717) is 16.7 Å². The molecule has 3 rings (SSSR count). The molecule has 1 aromatic heterocycles. The molecule has 0 saturated heterocycles. The number of aromatic nitrogens is 2. The number of ether oxygens (including phenoxy) is 1. The van der Waals surface area contributed by atoms with E-state index in [-0.39, 0.29) is 6.10 Å². The van der Waals surface area contributed by atoms with Gasteiger partial charge in [0.2, 0.25) is 0 Å². The first-order valence-corrected chi connectivity index (χ1v) is 10.7. The van der Waals surface area contributed by atoms with Gasteiger partial charge in [0.25, 0.3) is 0 Å². The first-order chi connectivity index (χ1) is 13.1. The van der Waals surface area contributed by atoms with Crippen molar-refractivity contribution in [2.45, 2.75) is 25.0 Å². The highest BCUT2D eigenvalue weighted by Crippen LogP contribution is 2.24. The van der Waals surface area contributed by atoms with E-state index in [1.807, 2.05) is 46.8 Å². The molecule has 0 aliphatic heterocycles. The summed E-state index contributed by atoms with van der Waals surface area (Å²) >= 11 is 19.9. The van der Waals surface area contributed by atoms with Gasteiger partial charge in [-0.25, -0.2) is 4.98 Å². The van der Waals surface area contributed by atoms with Crippen LogP contribution >= 0.6 is 46.6 Å². The van der Waals surface area contributed by atoms with E-state index in [1.54, 1.807) is 18.6 Å². The van der Waals surface area contributed by atoms with E-state index >= 15 is 0 Å². The molecule has 1 heterocycles. The summed E-state index contributed by atoms with van der Waals surface area (Å²) in [6, 6.07) is 13.5. The standard InChI is InChI=1S/C20H19Cl3N2OS/c21-17-4-1-15(2-5-17)12-27-13-18(10-25-8-7-24-14-25)26-11-16-3-6-19(22)20(23)9-16/h1-9,14,18H,10-13H2. The molecular formula is C20H19Cl3N2OS. The van der Waals surface area contributed by atoms with Crippen LogP contribution in [0.15, 0.2) is 61.2 Å². The lowest BCUT2D eigenvalue weighted by Gasteiger charge is -2.18. The molecule has 3 nitrogen and oxygen atoms in total. The Morgan fingerprint density at radius 1 is 1.00 bits per heavy atom. The molecule has 3 aromatic rings. The maximum absolute atomic E-state index is 6.16. The average molecular weight is 442 g/mol. The zero-order chi connectivity index (χ0) is 19.1. The van der Waals surface area contributed by atoms with Gasteiger partial charge in [-0.15, -0.1) is 0 Å². The second kappa shape index (κ2) is 10.4. The third-order valence-electron chi connectivity index (χ3n) is 3.93. The summed E-state index contributed by atoms with van der Waals surface area (Å²) in [4.78, 5) is 4.11. The molecule has 142 valence electrons. The SMILES string of the molecule is Clc1ccc(CSCC(Cn2ccnc2)OCc2ccc(Cl)c(Cl)c2)cc1. The molecular weight excluding hydrogens is 423 g/mol. The summed E-state index contributed by atoms with van der Waals surface area (Å²) in [7, 11) is 0. The van der Waals surface area contributed by atoms with E-state index in [0.717, 1.165) is 28.6 Å². The second-order valence-corrected chi connectivity index (χ2v) is 8.36. The summed E-state index contributed by atoms with van der Waals surface area (Å²) in [6.07, 6.45) is 5.57. The highest BCUT2D eigenvalue weighted by molar-refractivity contribution is 7.98. The lowest BCUT2D eigenvalue weighted by atomic mass is 10.2. The summed E-state index contributed by atoms with van der Waals surface area (Å²) < 4.78 is 8.19. The predicted octanol–water partition coefficient (Wildman–Crippen LogP) is 6.36. The van der Waals surface area contributed by atoms with Crippen LogP contribution in [0.5, 0.6) is 0 Å². The van der Waals surface area contributed by atoms with E-state index in [4.69, 9.17) is 39.5 Å². The first-order valence-electron chi connectivity index (χ1n) is 8.43. The summed E-state index contributed by atoms with van der Waals surface area (Å²) in [6.45, 7) is 1.23. The van der Waals surface area contributed by atoms with Gasteiger partial charge in [0.1, 0.15) is 0 Å². The Kier molecular flexibility index (Phi) is 7.92. The Bertz CT molecular complexity index is 841. The Hall–Kier alpha value is -1.17. The molecule has 0 aliphatic carbocycles. The summed E-state index contributed by atoms with van der Waals surface area (Å²) in [5, 5.41) is 1.85. The number of imidazole rings is 1. The highest BCUT2D eigenvalue weighted by Gasteiger charge is 2.12. The van der Waals surface area contributed by atoms with Gasteiger partial charge < -0.3 is 9.30 Å². The molecule has 0 radical (unpaired) electrons. The Labute approximate surface area is 178 Å². The highest BCUT2D eigenvalue weighted by atomic mass is 35.5. The molecule has 0 fully saturated rings. The van der Waals surface area contributed by atoms with Crippen LogP contribution < -0.4 is 0 Å². The van der Waals surface area contributed by atoms with Crippen LogP contribution in [-0.4, -0.2) is 21.4 Å². The predicted molar refractivity (Wildman–Crippen MR) is 115 cm³/mol. The number of hydrogen-bond donors (Lipinski definition) is 0. The molecule has 0 aliphatic rings. The number of nitrogens with zero attached hydrogens (tertiary/aromatic N) is 2. The van der Waals surface area contributed by atoms with Crippen molar-refractivity contribution in [3.8, 4) is 0 Å². The quantitative estimate of drug-likeness (QED) is 0.386. The van der Waals surface area contributed by atoms with Crippen LogP contribution in [0.4, 0.5) is 0 Å². The average Bonchev–Trinajstić information content (AvgIpc) is 3.17. The van der Waals surface area contributed by atoms with Gasteiger partial charge in [0.15, 0.2) is 0 Å². The minimum atomic E-state index is 0.0472. The van der Waals surface area contributed by atoms with Crippen LogP contribution in [-0.2, 0) is 23.6 Å². The van der Waals surface area contributed by atoms with Crippen molar-refractivity contribution in [3.63, 3.8) is 0 Å². The van der Waals surface area contributed by atoms with Gasteiger partial charge in [0, 0.05) is 28.9 Å². The van der Waals surface area contributed by atoms with Gasteiger partial charge in [-0.3, -0.25) is 0 Å². The van der Waals surface area contributed by atoms with Crippen molar-refractivity contribution in [3.05, 3.63) is 87.4 Å². The molecule has 7 heteroatoms. The fourth-order valence-electron chi connectivity index (χ4n) is 2.52. The van der Waals surface area contributed by atoms with Crippen molar-refractivity contribution >= 4 is 46.6 Å². The topological polar surface area (TPSA) is 27.1 Å². The zero-order valence-electron chi connectivity index (χ0n) is 14.5. The maximum Gasteiger partial charge on any atom is 0.0946 e. The third-order valence-corrected chi connectivity index (χ3v) is 6.07. The number of rotatable bonds is 9. The Morgan fingerprint density at radius 2 is 1.78 bits per heavy atom. The first kappa shape index (κ1) is 20.6. The van der Waals surface area contributed by atoms with Crippen molar-refractivity contribution < 1.29 is 4.74 Å². The summed E-state index contributed by atoms with van der Waals surface area (Å²) in [5.74, 6) is 1.77. The van der Waals surface area contributed by atoms with Crippen molar-refractivity contribution in [2.75, 3.05) is 5.75 Å². The van der Waals surface area contributed by atoms with Crippen LogP contribution in [0.2, 0.25) is 15.1 Å². The largest absolute Gasteiger partial charge is 0.371 e. The number of benzene rings is 2. The van der Waals surface area contributed by atoms with Crippen molar-refractivity contribution in [2.24, 2.45) is 0 Å². The fourth-order valence-corrected chi connectivity index (χ4v) is 3.97. The van der Waals surface area contributed by atoms with E-state index in [2.05, 4.69) is 17.1 Å². The van der Waals surface area contributed by atoms with E-state index in [9.17, 15) is 0 Å². The van der Waals surface area contributed by atoms with Crippen LogP contribution in [0.1, 0.15) is 11.1 Å². The molecule has 0 N–H and O–H groups in total. The lowest BCUT2D eigenvalue weighted by Crippen LogP contribution is -2.22. The van der Waals surface area contributed by atoms with Gasteiger partial charge in [-0.05, 0) is 35.4 Å². The lowest BCUT2D eigenvalue weighted by molar-refractivity contribution is 0.0450. The fraction of sp³-hybridized carbons (Fsp3) is 0.250. The Morgan fingerprint density at radius 3 is 2.48 bits per heavy atom. The van der Waals surface area contributed by atoms with Crippen LogP contribution in [0, 0.1) is 0 Å². The van der Waals surface area contributed by atoms with Crippen LogP contribution in [0.25, 0.3) is 0 Å². The van der Waals surface area contributed by atoms with Crippen LogP contribution in [0.3, 0.4) is 0 Å². The molecule has 2 aromatic carbocycles. The molecule has 0 spiro atoms. The minimum Gasteiger partial charge on any atom is -0.371 e. The summed E-state index contributed by atoms with van der Waals surface area (Å²) in [5.41, 5.74) is 2.25. The van der Waals surface area contributed by atoms with Crippen molar-refractivity contribution in [1.82, 2.24) is 9.55 Å². The van der Waals surface area contributed by atoms with Gasteiger partial charge >= 0.3 is 0 Å². The molecule has 27 heavy (non-hydrogen) atoms. The van der Waals surface area contributed by atoms with E-state index < -0.39 is 0 Å². The molecule has 0 amide bonds. The van der Waals surface area contributed by atoms with Gasteiger partial charge in [0.05, 0.1) is 35.6 Å². The second-order valence-electron chi connectivity index (χ2n) is 6.08. The smallest absolute Gasteiger partial charge is 0.0946 e. The number of hydrogen-bond acceptors (Lipinski definition) is 3. The maximum atomic E-state index is 6.16. The molecule has 1 atom stereocenters. The third kappa shape index (κ3) is 6.74. The molecule has 0 saturated carbocycles. The van der Waals surface area contributed by atoms with E-state index in [1.165, 1.54) is 5.56 Å². The minimum absolute atomic E-state index is 0.0472. The van der Waals surface area contributed by atoms with Crippen molar-refractivity contribution in [1.29, 1.82) is 0 Å². The molecule has 0 bridgehead atoms. The number of halogens is 3. The van der Waals surface area contributed by atoms with Gasteiger partial charge in [-0.1, -0.05) is 53.0 Å². The normalized spacial score (nSPS) is 12.3.